The van der Waals surface area contributed by atoms with Crippen LogP contribution in [0.25, 0.3) is 11.3 Å². The van der Waals surface area contributed by atoms with E-state index in [9.17, 15) is 38.4 Å². The topological polar surface area (TPSA) is 144 Å². The van der Waals surface area contributed by atoms with E-state index < -0.39 is 64.7 Å². The van der Waals surface area contributed by atoms with Crippen LogP contribution in [0.15, 0.2) is 18.3 Å². The highest BCUT2D eigenvalue weighted by molar-refractivity contribution is 8.01. The molecule has 5 rings (SSSR count). The number of thioether (sulfide) groups is 1. The molecule has 11 nitrogen and oxygen atoms in total. The molecule has 1 aromatic heterocycles. The summed E-state index contributed by atoms with van der Waals surface area (Å²) in [5, 5.41) is 51.1. The third-order valence-corrected chi connectivity index (χ3v) is 10.0. The van der Waals surface area contributed by atoms with E-state index in [1.165, 1.54) is 6.20 Å². The Balaban J connectivity index is 1.43. The van der Waals surface area contributed by atoms with Gasteiger partial charge in [0.15, 0.2) is 17.5 Å². The standard InChI is InChI=1S/C27H36F3N5O6S/c1-33-9-5-27(40,6-10-33)24(25(39)34-7-3-2-4-8-34)42-26-23(38)21(22(37)19(14-36)41-26)35-13-18(31-32-35)15-11-16(28)20(30)17(29)12-15/h11-13,19,21-24,26,36-38,40H,2-10,14H2,1H3/t19-,21+,22+,23-,24-,26+/m1/s1. The van der Waals surface area contributed by atoms with Crippen LogP contribution in [0.5, 0.6) is 0 Å². The van der Waals surface area contributed by atoms with E-state index in [4.69, 9.17) is 4.74 Å². The van der Waals surface area contributed by atoms with E-state index in [-0.39, 0.29) is 17.2 Å². The lowest BCUT2D eigenvalue weighted by molar-refractivity contribution is -0.179. The van der Waals surface area contributed by atoms with Gasteiger partial charge in [-0.2, -0.15) is 0 Å². The number of piperidine rings is 2. The molecule has 3 saturated heterocycles. The van der Waals surface area contributed by atoms with Gasteiger partial charge >= 0.3 is 0 Å². The summed E-state index contributed by atoms with van der Waals surface area (Å²) < 4.78 is 48.1. The van der Waals surface area contributed by atoms with Crippen LogP contribution in [-0.2, 0) is 9.53 Å². The molecular formula is C27H36F3N5O6S. The van der Waals surface area contributed by atoms with Crippen molar-refractivity contribution in [2.24, 2.45) is 0 Å². The molecule has 0 saturated carbocycles. The number of benzene rings is 1. The van der Waals surface area contributed by atoms with Crippen molar-refractivity contribution in [2.45, 2.75) is 72.7 Å². The van der Waals surface area contributed by atoms with E-state index in [2.05, 4.69) is 15.2 Å². The molecule has 4 N–H and O–H groups in total. The van der Waals surface area contributed by atoms with Gasteiger partial charge in [0.2, 0.25) is 5.91 Å². The smallest absolute Gasteiger partial charge is 0.238 e. The molecule has 0 spiro atoms. The maximum Gasteiger partial charge on any atom is 0.238 e. The molecule has 0 radical (unpaired) electrons. The molecule has 1 amide bonds. The monoisotopic (exact) mass is 615 g/mol. The van der Waals surface area contributed by atoms with Crippen LogP contribution in [0.2, 0.25) is 0 Å². The first-order valence-electron chi connectivity index (χ1n) is 14.1. The number of aliphatic hydroxyl groups excluding tert-OH is 3. The maximum atomic E-state index is 13.9. The number of hydrogen-bond donors (Lipinski definition) is 4. The molecule has 6 atom stereocenters. The predicted octanol–water partition coefficient (Wildman–Crippen LogP) is 0.913. The highest BCUT2D eigenvalue weighted by atomic mass is 32.2. The van der Waals surface area contributed by atoms with Gasteiger partial charge in [-0.3, -0.25) is 4.79 Å². The molecule has 42 heavy (non-hydrogen) atoms. The van der Waals surface area contributed by atoms with Gasteiger partial charge in [-0.25, -0.2) is 17.9 Å². The van der Waals surface area contributed by atoms with Gasteiger partial charge < -0.3 is 35.0 Å². The third kappa shape index (κ3) is 6.18. The number of carbonyl (C=O) groups excluding carboxylic acids is 1. The molecule has 3 fully saturated rings. The summed E-state index contributed by atoms with van der Waals surface area (Å²) in [6, 6.07) is 0.248. The number of halogens is 3. The lowest BCUT2D eigenvalue weighted by Gasteiger charge is -2.47. The van der Waals surface area contributed by atoms with E-state index in [0.717, 1.165) is 47.8 Å². The van der Waals surface area contributed by atoms with Crippen molar-refractivity contribution in [3.05, 3.63) is 35.8 Å². The highest BCUT2D eigenvalue weighted by Crippen LogP contribution is 2.42. The van der Waals surface area contributed by atoms with Gasteiger partial charge in [-0.1, -0.05) is 5.21 Å². The summed E-state index contributed by atoms with van der Waals surface area (Å²) in [5.74, 6) is -4.72. The van der Waals surface area contributed by atoms with Gasteiger partial charge in [-0.05, 0) is 51.3 Å². The second-order valence-corrected chi connectivity index (χ2v) is 12.6. The van der Waals surface area contributed by atoms with Crippen LogP contribution >= 0.6 is 11.8 Å². The second kappa shape index (κ2) is 12.8. The SMILES string of the molecule is CN1CCC(O)([C@H](S[C@@H]2O[C@H](CO)[C@H](O)[C@H](n3cc(-c4cc(F)c(F)c(F)c4)nn3)[C@H]2O)C(=O)N2CCCCC2)CC1. The fourth-order valence-corrected chi connectivity index (χ4v) is 7.40. The van der Waals surface area contributed by atoms with Crippen LogP contribution < -0.4 is 0 Å². The number of hydrogen-bond acceptors (Lipinski definition) is 10. The largest absolute Gasteiger partial charge is 0.394 e. The average Bonchev–Trinajstić information content (AvgIpc) is 3.47. The summed E-state index contributed by atoms with van der Waals surface area (Å²) >= 11 is 0.954. The van der Waals surface area contributed by atoms with Crippen LogP contribution in [0.3, 0.4) is 0 Å². The Morgan fingerprint density at radius 1 is 1.10 bits per heavy atom. The van der Waals surface area contributed by atoms with Crippen molar-refractivity contribution in [1.29, 1.82) is 0 Å². The van der Waals surface area contributed by atoms with Crippen molar-refractivity contribution in [3.8, 4) is 11.3 Å². The van der Waals surface area contributed by atoms with Crippen LogP contribution in [0.4, 0.5) is 13.2 Å². The number of ether oxygens (including phenoxy) is 1. The number of amides is 1. The van der Waals surface area contributed by atoms with E-state index in [1.807, 2.05) is 7.05 Å². The zero-order valence-corrected chi connectivity index (χ0v) is 24.0. The number of aliphatic hydroxyl groups is 4. The minimum Gasteiger partial charge on any atom is -0.394 e. The molecule has 0 bridgehead atoms. The fourth-order valence-electron chi connectivity index (χ4n) is 5.85. The summed E-state index contributed by atoms with van der Waals surface area (Å²) in [7, 11) is 1.93. The summed E-state index contributed by atoms with van der Waals surface area (Å²) in [6.07, 6.45) is 0.418. The first kappa shape index (κ1) is 31.2. The highest BCUT2D eigenvalue weighted by Gasteiger charge is 2.52. The molecule has 15 heteroatoms. The first-order valence-corrected chi connectivity index (χ1v) is 15.0. The first-order chi connectivity index (χ1) is 20.0. The minimum atomic E-state index is -1.63. The Morgan fingerprint density at radius 3 is 2.36 bits per heavy atom. The fraction of sp³-hybridized carbons (Fsp3) is 0.667. The van der Waals surface area contributed by atoms with Crippen LogP contribution in [0, 0.1) is 17.5 Å². The van der Waals surface area contributed by atoms with E-state index in [0.29, 0.717) is 39.0 Å². The zero-order chi connectivity index (χ0) is 30.2. The number of aromatic nitrogens is 3. The van der Waals surface area contributed by atoms with Crippen molar-refractivity contribution in [2.75, 3.05) is 39.8 Å². The predicted molar refractivity (Wildman–Crippen MR) is 146 cm³/mol. The number of likely N-dealkylation sites (tertiary alicyclic amines) is 2. The molecule has 3 aliphatic heterocycles. The van der Waals surface area contributed by atoms with E-state index in [1.54, 1.807) is 4.90 Å². The van der Waals surface area contributed by atoms with Gasteiger partial charge in [0.05, 0.1) is 18.4 Å². The molecule has 1 aromatic carbocycles. The Kier molecular flexibility index (Phi) is 9.47. The lowest BCUT2D eigenvalue weighted by Crippen LogP contribution is -2.59. The number of carbonyl (C=O) groups is 1. The van der Waals surface area contributed by atoms with Crippen molar-refractivity contribution >= 4 is 17.7 Å². The van der Waals surface area contributed by atoms with Crippen molar-refractivity contribution in [1.82, 2.24) is 24.8 Å². The second-order valence-electron chi connectivity index (χ2n) is 11.3. The van der Waals surface area contributed by atoms with Gasteiger partial charge in [0.1, 0.15) is 40.7 Å². The van der Waals surface area contributed by atoms with Gasteiger partial charge in [0.25, 0.3) is 0 Å². The molecule has 2 aromatic rings. The normalized spacial score (nSPS) is 29.4. The summed E-state index contributed by atoms with van der Waals surface area (Å²) in [4.78, 5) is 17.6. The number of nitrogens with zero attached hydrogens (tertiary/aromatic N) is 5. The van der Waals surface area contributed by atoms with Gasteiger partial charge in [0, 0.05) is 31.7 Å². The Labute approximate surface area is 245 Å². The number of rotatable bonds is 7. The maximum absolute atomic E-state index is 13.9. The van der Waals surface area contributed by atoms with Crippen molar-refractivity contribution in [3.63, 3.8) is 0 Å². The summed E-state index contributed by atoms with van der Waals surface area (Å²) in [6.45, 7) is 1.64. The molecule has 4 heterocycles. The molecular weight excluding hydrogens is 579 g/mol. The van der Waals surface area contributed by atoms with Crippen molar-refractivity contribution < 1.29 is 43.1 Å². The third-order valence-electron chi connectivity index (χ3n) is 8.45. The summed E-state index contributed by atoms with van der Waals surface area (Å²) in [5.41, 5.74) is -2.73. The Hall–Kier alpha value is -2.27. The molecule has 0 aliphatic carbocycles. The Morgan fingerprint density at radius 2 is 1.74 bits per heavy atom. The minimum absolute atomic E-state index is 0.0535. The van der Waals surface area contributed by atoms with E-state index >= 15 is 0 Å². The van der Waals surface area contributed by atoms with Crippen LogP contribution in [-0.4, -0.2) is 126 Å². The van der Waals surface area contributed by atoms with Gasteiger partial charge in [-0.15, -0.1) is 16.9 Å². The average molecular weight is 616 g/mol. The molecule has 0 unspecified atom stereocenters. The zero-order valence-electron chi connectivity index (χ0n) is 23.2. The molecule has 3 aliphatic rings. The quantitative estimate of drug-likeness (QED) is 0.332. The van der Waals surface area contributed by atoms with Crippen LogP contribution in [0.1, 0.15) is 38.1 Å². The Bertz CT molecular complexity index is 1240. The molecule has 232 valence electrons. The lowest BCUT2D eigenvalue weighted by atomic mass is 9.87.